The van der Waals surface area contributed by atoms with Crippen molar-refractivity contribution in [2.24, 2.45) is 0 Å². The fraction of sp³-hybridized carbons (Fsp3) is 0.278. The van der Waals surface area contributed by atoms with Crippen LogP contribution in [0.3, 0.4) is 0 Å². The van der Waals surface area contributed by atoms with Crippen molar-refractivity contribution in [3.8, 4) is 0 Å². The second-order valence-electron chi connectivity index (χ2n) is 5.65. The van der Waals surface area contributed by atoms with Crippen LogP contribution in [0.1, 0.15) is 16.8 Å². The second-order valence-corrected chi connectivity index (χ2v) is 5.65. The fourth-order valence-electron chi connectivity index (χ4n) is 2.57. The minimum atomic E-state index is -3.57. The summed E-state index contributed by atoms with van der Waals surface area (Å²) in [5.41, 5.74) is -2.47. The molecule has 1 aliphatic heterocycles. The van der Waals surface area contributed by atoms with E-state index in [0.717, 1.165) is 18.2 Å². The number of methoxy groups -OCH3 is 1. The summed E-state index contributed by atoms with van der Waals surface area (Å²) in [7, 11) is 1.54. The van der Waals surface area contributed by atoms with Gasteiger partial charge in [0, 0.05) is 24.9 Å². The average Bonchev–Trinajstić information content (AvgIpc) is 3.38. The van der Waals surface area contributed by atoms with Gasteiger partial charge in [-0.2, -0.15) is 8.78 Å². The molecule has 1 aromatic heterocycles. The first-order chi connectivity index (χ1) is 11.9. The van der Waals surface area contributed by atoms with E-state index >= 15 is 0 Å². The average molecular weight is 353 g/mol. The van der Waals surface area contributed by atoms with Gasteiger partial charge in [0.15, 0.2) is 5.60 Å². The van der Waals surface area contributed by atoms with Crippen molar-refractivity contribution in [1.29, 1.82) is 0 Å². The molecular formula is C18H15F4NO2. The van der Waals surface area contributed by atoms with Gasteiger partial charge in [-0.15, -0.1) is 0 Å². The van der Waals surface area contributed by atoms with E-state index in [1.807, 2.05) is 0 Å². The third-order valence-electron chi connectivity index (χ3n) is 3.99. The van der Waals surface area contributed by atoms with E-state index in [4.69, 9.17) is 9.47 Å². The lowest BCUT2D eigenvalue weighted by molar-refractivity contribution is -0.0901. The van der Waals surface area contributed by atoms with Gasteiger partial charge in [-0.05, 0) is 23.8 Å². The largest absolute Gasteiger partial charge is 0.381 e. The number of rotatable bonds is 6. The van der Waals surface area contributed by atoms with Crippen molar-refractivity contribution in [3.63, 3.8) is 0 Å². The number of alkyl halides is 2. The van der Waals surface area contributed by atoms with E-state index in [1.165, 1.54) is 19.4 Å². The molecule has 1 aromatic carbocycles. The lowest BCUT2D eigenvalue weighted by Gasteiger charge is -2.24. The Balaban J connectivity index is 1.90. The van der Waals surface area contributed by atoms with Crippen LogP contribution in [-0.2, 0) is 21.0 Å². The number of pyridine rings is 1. The van der Waals surface area contributed by atoms with Gasteiger partial charge in [0.2, 0.25) is 0 Å². The Hall–Kier alpha value is -2.25. The normalized spacial score (nSPS) is 20.2. The minimum Gasteiger partial charge on any atom is -0.381 e. The predicted molar refractivity (Wildman–Crippen MR) is 83.0 cm³/mol. The molecule has 0 spiro atoms. The number of epoxide rings is 1. The molecule has 0 N–H and O–H groups in total. The first-order valence-corrected chi connectivity index (χ1v) is 7.50. The Labute approximate surface area is 141 Å². The monoisotopic (exact) mass is 353 g/mol. The molecule has 0 bridgehead atoms. The van der Waals surface area contributed by atoms with Gasteiger partial charge >= 0.3 is 5.92 Å². The van der Waals surface area contributed by atoms with Crippen LogP contribution in [0.15, 0.2) is 42.6 Å². The highest BCUT2D eigenvalue weighted by atomic mass is 19.3. The Morgan fingerprint density at radius 2 is 2.04 bits per heavy atom. The lowest BCUT2D eigenvalue weighted by atomic mass is 9.90. The molecule has 1 aliphatic rings. The zero-order valence-electron chi connectivity index (χ0n) is 13.3. The number of halogens is 4. The summed E-state index contributed by atoms with van der Waals surface area (Å²) in [5, 5.41) is 0. The molecule has 2 aromatic rings. The molecule has 3 rings (SSSR count). The quantitative estimate of drug-likeness (QED) is 0.581. The van der Waals surface area contributed by atoms with Crippen molar-refractivity contribution < 1.29 is 27.0 Å². The van der Waals surface area contributed by atoms with E-state index in [2.05, 4.69) is 4.98 Å². The highest BCUT2D eigenvalue weighted by molar-refractivity contribution is 5.48. The Kier molecular flexibility index (Phi) is 4.62. The van der Waals surface area contributed by atoms with Crippen molar-refractivity contribution in [3.05, 3.63) is 71.1 Å². The standard InChI is InChI=1S/C18H15F4NO2/c1-24-8-2-3-12-4-7-16(23-10-12)18(21,22)17(11-25-17)14-6-5-13(19)9-15(14)20/h2-7,9-10H,8,11H2,1H3. The summed E-state index contributed by atoms with van der Waals surface area (Å²) in [6, 6.07) is 5.10. The van der Waals surface area contributed by atoms with E-state index < -0.39 is 28.9 Å². The van der Waals surface area contributed by atoms with E-state index in [9.17, 15) is 17.6 Å². The number of aromatic nitrogens is 1. The number of hydrogen-bond acceptors (Lipinski definition) is 3. The molecule has 0 amide bonds. The van der Waals surface area contributed by atoms with Crippen LogP contribution in [0.4, 0.5) is 17.6 Å². The maximum atomic E-state index is 14.9. The molecule has 132 valence electrons. The van der Waals surface area contributed by atoms with Gasteiger partial charge in [-0.1, -0.05) is 18.2 Å². The van der Waals surface area contributed by atoms with Crippen LogP contribution in [0.25, 0.3) is 6.08 Å². The molecule has 25 heavy (non-hydrogen) atoms. The van der Waals surface area contributed by atoms with Crippen LogP contribution in [0, 0.1) is 11.6 Å². The minimum absolute atomic E-state index is 0.375. The number of ether oxygens (including phenoxy) is 2. The molecule has 0 aliphatic carbocycles. The van der Waals surface area contributed by atoms with Crippen molar-refractivity contribution in [2.45, 2.75) is 11.5 Å². The Morgan fingerprint density at radius 1 is 1.28 bits per heavy atom. The molecule has 1 atom stereocenters. The Bertz CT molecular complexity index is 786. The molecule has 7 heteroatoms. The van der Waals surface area contributed by atoms with Crippen LogP contribution >= 0.6 is 0 Å². The predicted octanol–water partition coefficient (Wildman–Crippen LogP) is 4.04. The van der Waals surface area contributed by atoms with Gasteiger partial charge < -0.3 is 9.47 Å². The zero-order chi connectivity index (χ0) is 18.1. The topological polar surface area (TPSA) is 34.6 Å². The zero-order valence-corrected chi connectivity index (χ0v) is 13.3. The number of hydrogen-bond donors (Lipinski definition) is 0. The lowest BCUT2D eigenvalue weighted by Crippen LogP contribution is -2.34. The second kappa shape index (κ2) is 6.57. The summed E-state index contributed by atoms with van der Waals surface area (Å²) in [5.74, 6) is -5.48. The van der Waals surface area contributed by atoms with E-state index in [-0.39, 0.29) is 12.2 Å². The summed E-state index contributed by atoms with van der Waals surface area (Å²) in [6.07, 6.45) is 4.68. The van der Waals surface area contributed by atoms with Crippen molar-refractivity contribution in [2.75, 3.05) is 20.3 Å². The van der Waals surface area contributed by atoms with Crippen molar-refractivity contribution >= 4 is 6.08 Å². The SMILES string of the molecule is COCC=Cc1ccc(C(F)(F)C2(c3ccc(F)cc3F)CO2)nc1. The third-order valence-corrected chi connectivity index (χ3v) is 3.99. The first-order valence-electron chi connectivity index (χ1n) is 7.50. The molecule has 1 unspecified atom stereocenters. The first kappa shape index (κ1) is 17.6. The Morgan fingerprint density at radius 3 is 2.60 bits per heavy atom. The van der Waals surface area contributed by atoms with Crippen molar-refractivity contribution in [1.82, 2.24) is 4.98 Å². The maximum Gasteiger partial charge on any atom is 0.324 e. The molecule has 0 radical (unpaired) electrons. The summed E-state index contributed by atoms with van der Waals surface area (Å²) in [6.45, 7) is 0.0123. The van der Waals surface area contributed by atoms with Gasteiger partial charge in [0.05, 0.1) is 13.2 Å². The smallest absolute Gasteiger partial charge is 0.324 e. The van der Waals surface area contributed by atoms with E-state index in [1.54, 1.807) is 12.2 Å². The highest BCUT2D eigenvalue weighted by Gasteiger charge is 2.68. The summed E-state index contributed by atoms with van der Waals surface area (Å²) < 4.78 is 66.7. The maximum absolute atomic E-state index is 14.9. The molecule has 3 nitrogen and oxygen atoms in total. The van der Waals surface area contributed by atoms with E-state index in [0.29, 0.717) is 18.2 Å². The van der Waals surface area contributed by atoms with Crippen LogP contribution in [-0.4, -0.2) is 25.3 Å². The van der Waals surface area contributed by atoms with Gasteiger partial charge in [-0.25, -0.2) is 8.78 Å². The molecule has 0 saturated carbocycles. The highest BCUT2D eigenvalue weighted by Crippen LogP contribution is 2.56. The van der Waals surface area contributed by atoms with Crippen LogP contribution in [0.2, 0.25) is 0 Å². The van der Waals surface area contributed by atoms with Crippen LogP contribution in [0.5, 0.6) is 0 Å². The van der Waals surface area contributed by atoms with Gasteiger partial charge in [-0.3, -0.25) is 4.98 Å². The summed E-state index contributed by atoms with van der Waals surface area (Å²) in [4.78, 5) is 3.79. The molecule has 1 fully saturated rings. The fourth-order valence-corrected chi connectivity index (χ4v) is 2.57. The molecule has 1 saturated heterocycles. The summed E-state index contributed by atoms with van der Waals surface area (Å²) >= 11 is 0. The molecule has 2 heterocycles. The van der Waals surface area contributed by atoms with Gasteiger partial charge in [0.1, 0.15) is 17.3 Å². The number of nitrogens with zero attached hydrogens (tertiary/aromatic N) is 1. The third kappa shape index (κ3) is 3.17. The number of benzene rings is 1. The molecular weight excluding hydrogens is 338 g/mol. The van der Waals surface area contributed by atoms with Gasteiger partial charge in [0.25, 0.3) is 0 Å². The van der Waals surface area contributed by atoms with Crippen LogP contribution < -0.4 is 0 Å².